The third-order valence-corrected chi connectivity index (χ3v) is 3.11. The van der Waals surface area contributed by atoms with Crippen LogP contribution in [0, 0.1) is 6.92 Å². The predicted molar refractivity (Wildman–Crippen MR) is 73.6 cm³/mol. The third-order valence-electron chi connectivity index (χ3n) is 3.11. The molecule has 0 bridgehead atoms. The summed E-state index contributed by atoms with van der Waals surface area (Å²) in [6.07, 6.45) is 2.65. The average Bonchev–Trinajstić information content (AvgIpc) is 3.09. The lowest BCUT2D eigenvalue weighted by atomic mass is 10.1. The number of hydrogen-bond acceptors (Lipinski definition) is 5. The van der Waals surface area contributed by atoms with Gasteiger partial charge in [-0.05, 0) is 38.1 Å². The summed E-state index contributed by atoms with van der Waals surface area (Å²) in [6, 6.07) is 5.18. The van der Waals surface area contributed by atoms with Gasteiger partial charge in [-0.1, -0.05) is 6.92 Å². The van der Waals surface area contributed by atoms with Crippen LogP contribution in [-0.2, 0) is 4.74 Å². The lowest BCUT2D eigenvalue weighted by Gasteiger charge is -2.15. The van der Waals surface area contributed by atoms with E-state index in [2.05, 4.69) is 17.0 Å². The molecule has 108 valence electrons. The van der Waals surface area contributed by atoms with E-state index in [1.54, 1.807) is 18.4 Å². The Kier molecular flexibility index (Phi) is 4.63. The van der Waals surface area contributed by atoms with Crippen LogP contribution in [0.4, 0.5) is 0 Å². The minimum absolute atomic E-state index is 0.132. The SMILES string of the molecule is CCCNC(c1ccc(C(=O)OC)o1)c1ccoc1C. The highest BCUT2D eigenvalue weighted by molar-refractivity contribution is 5.86. The number of methoxy groups -OCH3 is 1. The van der Waals surface area contributed by atoms with Crippen LogP contribution in [0.2, 0.25) is 0 Å². The molecule has 2 aromatic rings. The fourth-order valence-corrected chi connectivity index (χ4v) is 2.07. The zero-order valence-electron chi connectivity index (χ0n) is 11.9. The molecule has 0 saturated heterocycles. The largest absolute Gasteiger partial charge is 0.469 e. The van der Waals surface area contributed by atoms with E-state index in [0.29, 0.717) is 5.76 Å². The van der Waals surface area contributed by atoms with E-state index < -0.39 is 5.97 Å². The van der Waals surface area contributed by atoms with Gasteiger partial charge in [-0.25, -0.2) is 4.79 Å². The van der Waals surface area contributed by atoms with Crippen molar-refractivity contribution in [3.05, 3.63) is 47.3 Å². The lowest BCUT2D eigenvalue weighted by molar-refractivity contribution is 0.0562. The highest BCUT2D eigenvalue weighted by Gasteiger charge is 2.22. The minimum atomic E-state index is -0.477. The van der Waals surface area contributed by atoms with E-state index in [-0.39, 0.29) is 11.8 Å². The number of nitrogens with one attached hydrogen (secondary N) is 1. The molecule has 5 nitrogen and oxygen atoms in total. The highest BCUT2D eigenvalue weighted by Crippen LogP contribution is 2.27. The fraction of sp³-hybridized carbons (Fsp3) is 0.400. The fourth-order valence-electron chi connectivity index (χ4n) is 2.07. The van der Waals surface area contributed by atoms with Crippen LogP contribution in [-0.4, -0.2) is 19.6 Å². The van der Waals surface area contributed by atoms with E-state index >= 15 is 0 Å². The smallest absolute Gasteiger partial charge is 0.373 e. The molecule has 0 aliphatic rings. The molecular weight excluding hydrogens is 258 g/mol. The zero-order valence-corrected chi connectivity index (χ0v) is 11.9. The molecule has 0 spiro atoms. The molecule has 0 fully saturated rings. The first-order valence-electron chi connectivity index (χ1n) is 6.62. The molecule has 2 heterocycles. The number of rotatable bonds is 6. The van der Waals surface area contributed by atoms with Crippen LogP contribution in [0.15, 0.2) is 33.3 Å². The Labute approximate surface area is 117 Å². The van der Waals surface area contributed by atoms with Crippen LogP contribution in [0.3, 0.4) is 0 Å². The van der Waals surface area contributed by atoms with E-state index in [1.807, 2.05) is 13.0 Å². The van der Waals surface area contributed by atoms with Gasteiger partial charge in [0.15, 0.2) is 0 Å². The van der Waals surface area contributed by atoms with Crippen LogP contribution < -0.4 is 5.32 Å². The van der Waals surface area contributed by atoms with Crippen molar-refractivity contribution >= 4 is 5.97 Å². The number of esters is 1. The molecule has 2 rings (SSSR count). The van der Waals surface area contributed by atoms with Crippen molar-refractivity contribution in [3.8, 4) is 0 Å². The summed E-state index contributed by atoms with van der Waals surface area (Å²) in [5.41, 5.74) is 1.00. The Balaban J connectivity index is 2.29. The van der Waals surface area contributed by atoms with Crippen molar-refractivity contribution in [2.75, 3.05) is 13.7 Å². The maximum absolute atomic E-state index is 11.5. The molecule has 1 unspecified atom stereocenters. The first-order chi connectivity index (χ1) is 9.67. The standard InChI is InChI=1S/C15H19NO4/c1-4-8-16-14(11-7-9-19-10(11)2)12-5-6-13(20-12)15(17)18-3/h5-7,9,14,16H,4,8H2,1-3H3. The Morgan fingerprint density at radius 1 is 1.40 bits per heavy atom. The molecule has 0 aliphatic carbocycles. The van der Waals surface area contributed by atoms with E-state index in [0.717, 1.165) is 24.3 Å². The summed E-state index contributed by atoms with van der Waals surface area (Å²) in [5, 5.41) is 3.39. The van der Waals surface area contributed by atoms with Gasteiger partial charge in [0, 0.05) is 5.56 Å². The monoisotopic (exact) mass is 277 g/mol. The first kappa shape index (κ1) is 14.4. The summed E-state index contributed by atoms with van der Waals surface area (Å²) >= 11 is 0. The molecule has 0 radical (unpaired) electrons. The van der Waals surface area contributed by atoms with Gasteiger partial charge in [0.25, 0.3) is 0 Å². The van der Waals surface area contributed by atoms with Gasteiger partial charge in [0.05, 0.1) is 19.4 Å². The average molecular weight is 277 g/mol. The quantitative estimate of drug-likeness (QED) is 0.822. The Hall–Kier alpha value is -2.01. The van der Waals surface area contributed by atoms with Gasteiger partial charge in [0.2, 0.25) is 5.76 Å². The van der Waals surface area contributed by atoms with Gasteiger partial charge in [-0.2, -0.15) is 0 Å². The maximum atomic E-state index is 11.5. The van der Waals surface area contributed by atoms with Gasteiger partial charge in [0.1, 0.15) is 11.5 Å². The zero-order chi connectivity index (χ0) is 14.5. The molecule has 0 saturated carbocycles. The topological polar surface area (TPSA) is 64.6 Å². The minimum Gasteiger partial charge on any atom is -0.469 e. The molecule has 0 aromatic carbocycles. The number of aryl methyl sites for hydroxylation is 1. The molecule has 0 aliphatic heterocycles. The van der Waals surface area contributed by atoms with Crippen molar-refractivity contribution in [2.45, 2.75) is 26.3 Å². The number of carbonyl (C=O) groups excluding carboxylic acids is 1. The normalized spacial score (nSPS) is 12.3. The van der Waals surface area contributed by atoms with E-state index in [1.165, 1.54) is 7.11 Å². The van der Waals surface area contributed by atoms with Gasteiger partial charge in [-0.15, -0.1) is 0 Å². The van der Waals surface area contributed by atoms with Crippen LogP contribution in [0.5, 0.6) is 0 Å². The van der Waals surface area contributed by atoms with Crippen molar-refractivity contribution in [1.29, 1.82) is 0 Å². The first-order valence-corrected chi connectivity index (χ1v) is 6.62. The van der Waals surface area contributed by atoms with Crippen LogP contribution >= 0.6 is 0 Å². The second-order valence-electron chi connectivity index (χ2n) is 4.51. The molecule has 5 heteroatoms. The summed E-state index contributed by atoms with van der Waals surface area (Å²) in [6.45, 7) is 4.83. The van der Waals surface area contributed by atoms with Crippen molar-refractivity contribution in [2.24, 2.45) is 0 Å². The van der Waals surface area contributed by atoms with Crippen LogP contribution in [0.25, 0.3) is 0 Å². The van der Waals surface area contributed by atoms with E-state index in [9.17, 15) is 4.79 Å². The summed E-state index contributed by atoms with van der Waals surface area (Å²) < 4.78 is 15.6. The van der Waals surface area contributed by atoms with Gasteiger partial charge < -0.3 is 18.9 Å². The molecular formula is C15H19NO4. The molecule has 2 aromatic heterocycles. The maximum Gasteiger partial charge on any atom is 0.373 e. The van der Waals surface area contributed by atoms with Crippen LogP contribution in [0.1, 0.15) is 47.0 Å². The number of ether oxygens (including phenoxy) is 1. The summed E-state index contributed by atoms with van der Waals surface area (Å²) in [5.74, 6) is 1.22. The number of furan rings is 2. The lowest BCUT2D eigenvalue weighted by Crippen LogP contribution is -2.23. The number of carbonyl (C=O) groups is 1. The molecule has 1 atom stereocenters. The van der Waals surface area contributed by atoms with Gasteiger partial charge in [-0.3, -0.25) is 0 Å². The van der Waals surface area contributed by atoms with Crippen molar-refractivity contribution in [3.63, 3.8) is 0 Å². The van der Waals surface area contributed by atoms with Crippen molar-refractivity contribution < 1.29 is 18.4 Å². The summed E-state index contributed by atoms with van der Waals surface area (Å²) in [7, 11) is 1.33. The van der Waals surface area contributed by atoms with Crippen molar-refractivity contribution in [1.82, 2.24) is 5.32 Å². The predicted octanol–water partition coefficient (Wildman–Crippen LogP) is 3.06. The molecule has 0 amide bonds. The van der Waals surface area contributed by atoms with E-state index in [4.69, 9.17) is 8.83 Å². The highest BCUT2D eigenvalue weighted by atomic mass is 16.5. The third kappa shape index (κ3) is 2.93. The Morgan fingerprint density at radius 2 is 2.20 bits per heavy atom. The summed E-state index contributed by atoms with van der Waals surface area (Å²) in [4.78, 5) is 11.5. The van der Waals surface area contributed by atoms with Gasteiger partial charge >= 0.3 is 5.97 Å². The second-order valence-corrected chi connectivity index (χ2v) is 4.51. The molecule has 1 N–H and O–H groups in total. The number of hydrogen-bond donors (Lipinski definition) is 1. The Bertz CT molecular complexity index is 570. The Morgan fingerprint density at radius 3 is 2.80 bits per heavy atom. The molecule has 20 heavy (non-hydrogen) atoms. The second kappa shape index (κ2) is 6.43.